The molecule has 0 saturated heterocycles. The van der Waals surface area contributed by atoms with E-state index in [2.05, 4.69) is 9.46 Å². The van der Waals surface area contributed by atoms with E-state index in [0.29, 0.717) is 5.69 Å². The zero-order chi connectivity index (χ0) is 13.1. The second kappa shape index (κ2) is 5.44. The van der Waals surface area contributed by atoms with Crippen molar-refractivity contribution in [3.8, 4) is 5.75 Å². The van der Waals surface area contributed by atoms with Gasteiger partial charge in [-0.3, -0.25) is 0 Å². The highest BCUT2D eigenvalue weighted by molar-refractivity contribution is 7.87. The van der Waals surface area contributed by atoms with Gasteiger partial charge in [-0.15, -0.1) is 0 Å². The Balaban J connectivity index is 2.76. The smallest absolute Gasteiger partial charge is 0.387 e. The van der Waals surface area contributed by atoms with Crippen molar-refractivity contribution in [1.82, 2.24) is 0 Å². The summed E-state index contributed by atoms with van der Waals surface area (Å²) in [7, 11) is -1.30. The first-order valence-corrected chi connectivity index (χ1v) is 6.17. The standard InChI is InChI=1S/C11H15F2NO2S/c1-11(2,3)17(15)14-8-5-4-6-9(7-8)16-10(12)13/h4-7,10,14H,1-3H3. The Morgan fingerprint density at radius 1 is 1.35 bits per heavy atom. The summed E-state index contributed by atoms with van der Waals surface area (Å²) in [6.45, 7) is 2.58. The maximum absolute atomic E-state index is 12.0. The third-order valence-corrected chi connectivity index (χ3v) is 3.36. The van der Waals surface area contributed by atoms with Crippen molar-refractivity contribution in [2.75, 3.05) is 4.72 Å². The molecule has 96 valence electrons. The molecule has 0 bridgehead atoms. The van der Waals surface area contributed by atoms with Gasteiger partial charge in [0.1, 0.15) is 16.7 Å². The van der Waals surface area contributed by atoms with E-state index in [0.717, 1.165) is 0 Å². The summed E-state index contributed by atoms with van der Waals surface area (Å²) in [6.07, 6.45) is 0. The van der Waals surface area contributed by atoms with E-state index in [-0.39, 0.29) is 5.75 Å². The lowest BCUT2D eigenvalue weighted by Crippen LogP contribution is -2.27. The van der Waals surface area contributed by atoms with Crippen LogP contribution in [0.1, 0.15) is 20.8 Å². The lowest BCUT2D eigenvalue weighted by atomic mass is 10.3. The molecule has 1 aromatic rings. The van der Waals surface area contributed by atoms with Crippen molar-refractivity contribution in [3.63, 3.8) is 0 Å². The van der Waals surface area contributed by atoms with Crippen LogP contribution < -0.4 is 9.46 Å². The number of nitrogens with one attached hydrogen (secondary N) is 1. The molecule has 0 saturated carbocycles. The largest absolute Gasteiger partial charge is 0.435 e. The van der Waals surface area contributed by atoms with Gasteiger partial charge in [0.15, 0.2) is 0 Å². The highest BCUT2D eigenvalue weighted by Crippen LogP contribution is 2.21. The van der Waals surface area contributed by atoms with Gasteiger partial charge in [-0.25, -0.2) is 4.21 Å². The monoisotopic (exact) mass is 263 g/mol. The molecule has 1 unspecified atom stereocenters. The number of benzene rings is 1. The van der Waals surface area contributed by atoms with Crippen molar-refractivity contribution in [2.45, 2.75) is 32.1 Å². The molecule has 0 aliphatic heterocycles. The fourth-order valence-corrected chi connectivity index (χ4v) is 1.64. The van der Waals surface area contributed by atoms with Crippen LogP contribution in [0.5, 0.6) is 5.75 Å². The molecule has 3 nitrogen and oxygen atoms in total. The third-order valence-electron chi connectivity index (χ3n) is 1.83. The van der Waals surface area contributed by atoms with Crippen LogP contribution in [-0.4, -0.2) is 15.6 Å². The second-order valence-electron chi connectivity index (χ2n) is 4.39. The van der Waals surface area contributed by atoms with Gasteiger partial charge in [-0.05, 0) is 32.9 Å². The Hall–Kier alpha value is -1.17. The molecule has 0 amide bonds. The van der Waals surface area contributed by atoms with E-state index in [1.165, 1.54) is 12.1 Å². The predicted molar refractivity (Wildman–Crippen MR) is 64.6 cm³/mol. The maximum atomic E-state index is 12.0. The van der Waals surface area contributed by atoms with Crippen LogP contribution in [0.3, 0.4) is 0 Å². The van der Waals surface area contributed by atoms with Crippen LogP contribution in [0.2, 0.25) is 0 Å². The Labute approximate surface area is 102 Å². The molecule has 1 atom stereocenters. The van der Waals surface area contributed by atoms with Gasteiger partial charge < -0.3 is 9.46 Å². The molecule has 0 aliphatic rings. The van der Waals surface area contributed by atoms with E-state index >= 15 is 0 Å². The van der Waals surface area contributed by atoms with Gasteiger partial charge in [-0.1, -0.05) is 6.07 Å². The van der Waals surface area contributed by atoms with E-state index in [4.69, 9.17) is 0 Å². The third kappa shape index (κ3) is 4.68. The first kappa shape index (κ1) is 13.9. The zero-order valence-electron chi connectivity index (χ0n) is 9.87. The summed E-state index contributed by atoms with van der Waals surface area (Å²) in [5.41, 5.74) is 0.483. The highest BCUT2D eigenvalue weighted by atomic mass is 32.2. The minimum absolute atomic E-state index is 0.0379. The molecule has 1 N–H and O–H groups in total. The molecular weight excluding hydrogens is 248 g/mol. The van der Waals surface area contributed by atoms with Gasteiger partial charge >= 0.3 is 6.61 Å². The average Bonchev–Trinajstić information content (AvgIpc) is 2.15. The predicted octanol–water partition coefficient (Wildman–Crippen LogP) is 3.16. The lowest BCUT2D eigenvalue weighted by molar-refractivity contribution is -0.0497. The van der Waals surface area contributed by atoms with Crippen molar-refractivity contribution < 1.29 is 17.7 Å². The molecule has 1 rings (SSSR count). The number of ether oxygens (including phenoxy) is 1. The summed E-state index contributed by atoms with van der Waals surface area (Å²) in [6, 6.07) is 6.00. The summed E-state index contributed by atoms with van der Waals surface area (Å²) >= 11 is 0. The van der Waals surface area contributed by atoms with Crippen molar-refractivity contribution in [1.29, 1.82) is 0 Å². The molecule has 0 radical (unpaired) electrons. The van der Waals surface area contributed by atoms with Gasteiger partial charge in [0.25, 0.3) is 0 Å². The normalized spacial score (nSPS) is 13.5. The first-order chi connectivity index (χ1) is 7.79. The Morgan fingerprint density at radius 3 is 2.53 bits per heavy atom. The summed E-state index contributed by atoms with van der Waals surface area (Å²) in [4.78, 5) is 0. The molecule has 0 spiro atoms. The fourth-order valence-electron chi connectivity index (χ4n) is 0.996. The fraction of sp³-hybridized carbons (Fsp3) is 0.455. The quantitative estimate of drug-likeness (QED) is 0.906. The van der Waals surface area contributed by atoms with Gasteiger partial charge in [0.05, 0.1) is 4.75 Å². The Bertz CT molecular complexity index is 405. The highest BCUT2D eigenvalue weighted by Gasteiger charge is 2.19. The van der Waals surface area contributed by atoms with Crippen LogP contribution >= 0.6 is 0 Å². The number of hydrogen-bond acceptors (Lipinski definition) is 2. The topological polar surface area (TPSA) is 38.3 Å². The number of hydrogen-bond donors (Lipinski definition) is 1. The zero-order valence-corrected chi connectivity index (χ0v) is 10.7. The van der Waals surface area contributed by atoms with E-state index in [1.54, 1.807) is 12.1 Å². The van der Waals surface area contributed by atoms with Crippen molar-refractivity contribution in [2.24, 2.45) is 0 Å². The maximum Gasteiger partial charge on any atom is 0.387 e. The van der Waals surface area contributed by atoms with Crippen LogP contribution in [0.15, 0.2) is 24.3 Å². The molecular formula is C11H15F2NO2S. The first-order valence-electron chi connectivity index (χ1n) is 5.02. The van der Waals surface area contributed by atoms with Crippen LogP contribution in [0, 0.1) is 0 Å². The Morgan fingerprint density at radius 2 is 2.00 bits per heavy atom. The number of anilines is 1. The summed E-state index contributed by atoms with van der Waals surface area (Å²) in [5.74, 6) is 0.0379. The van der Waals surface area contributed by atoms with Crippen LogP contribution in [0.4, 0.5) is 14.5 Å². The van der Waals surface area contributed by atoms with Crippen molar-refractivity contribution in [3.05, 3.63) is 24.3 Å². The van der Waals surface area contributed by atoms with Gasteiger partial charge in [-0.2, -0.15) is 8.78 Å². The molecule has 1 aromatic carbocycles. The van der Waals surface area contributed by atoms with E-state index in [9.17, 15) is 13.0 Å². The number of alkyl halides is 2. The molecule has 0 heterocycles. The number of rotatable bonds is 4. The average molecular weight is 263 g/mol. The van der Waals surface area contributed by atoms with Crippen LogP contribution in [0.25, 0.3) is 0 Å². The lowest BCUT2D eigenvalue weighted by Gasteiger charge is -2.19. The molecule has 0 fully saturated rings. The summed E-state index contributed by atoms with van der Waals surface area (Å²) < 4.78 is 42.3. The van der Waals surface area contributed by atoms with Crippen LogP contribution in [-0.2, 0) is 11.0 Å². The SMILES string of the molecule is CC(C)(C)S(=O)Nc1cccc(OC(F)F)c1. The minimum Gasteiger partial charge on any atom is -0.435 e. The van der Waals surface area contributed by atoms with E-state index < -0.39 is 22.3 Å². The van der Waals surface area contributed by atoms with Gasteiger partial charge in [0, 0.05) is 11.8 Å². The Kier molecular flexibility index (Phi) is 4.45. The summed E-state index contributed by atoms with van der Waals surface area (Å²) in [5, 5.41) is 0. The molecule has 0 aromatic heterocycles. The second-order valence-corrected chi connectivity index (χ2v) is 6.36. The van der Waals surface area contributed by atoms with Gasteiger partial charge in [0.2, 0.25) is 0 Å². The van der Waals surface area contributed by atoms with E-state index in [1.807, 2.05) is 20.8 Å². The molecule has 17 heavy (non-hydrogen) atoms. The van der Waals surface area contributed by atoms with Crippen molar-refractivity contribution >= 4 is 16.7 Å². The molecule has 6 heteroatoms. The minimum atomic E-state index is -2.86. The number of halogens is 2. The molecule has 0 aliphatic carbocycles.